The summed E-state index contributed by atoms with van der Waals surface area (Å²) in [5, 5.41) is 6.34. The largest absolute Gasteiger partial charge is 0.356 e. The molecule has 0 saturated carbocycles. The number of aryl methyl sites for hydroxylation is 1. The van der Waals surface area contributed by atoms with Gasteiger partial charge in [-0.25, -0.2) is 4.98 Å². The summed E-state index contributed by atoms with van der Waals surface area (Å²) in [6.07, 6.45) is 3.74. The van der Waals surface area contributed by atoms with Crippen LogP contribution in [0.5, 0.6) is 0 Å². The van der Waals surface area contributed by atoms with E-state index in [1.165, 1.54) is 11.3 Å². The lowest BCUT2D eigenvalue weighted by molar-refractivity contribution is -0.121. The molecule has 2 aromatic rings. The monoisotopic (exact) mass is 333 g/mol. The molecule has 0 aliphatic carbocycles. The summed E-state index contributed by atoms with van der Waals surface area (Å²) in [5.41, 5.74) is 1.98. The Morgan fingerprint density at radius 1 is 1.22 bits per heavy atom. The standard InChI is InChI=1S/C17H23N3O2S/c1-3-5-10-18-16(22)9-7-12-6-8-13-14(11-12)23-17(19-13)20-15(21)4-2/h6,8,11H,3-5,7,9-10H2,1-2H3,(H,18,22)(H,19,20,21). The first-order valence-corrected chi connectivity index (χ1v) is 8.90. The van der Waals surface area contributed by atoms with Crippen LogP contribution in [0.1, 0.15) is 45.1 Å². The zero-order chi connectivity index (χ0) is 16.7. The van der Waals surface area contributed by atoms with Crippen molar-refractivity contribution in [3.8, 4) is 0 Å². The van der Waals surface area contributed by atoms with Gasteiger partial charge in [0.25, 0.3) is 0 Å². The predicted octanol–water partition coefficient (Wildman–Crippen LogP) is 3.49. The molecule has 2 rings (SSSR count). The molecule has 2 amide bonds. The predicted molar refractivity (Wildman–Crippen MR) is 94.8 cm³/mol. The fraction of sp³-hybridized carbons (Fsp3) is 0.471. The zero-order valence-corrected chi connectivity index (χ0v) is 14.5. The molecule has 0 spiro atoms. The Morgan fingerprint density at radius 3 is 2.78 bits per heavy atom. The van der Waals surface area contributed by atoms with Crippen LogP contribution in [0.3, 0.4) is 0 Å². The van der Waals surface area contributed by atoms with Crippen molar-refractivity contribution < 1.29 is 9.59 Å². The maximum atomic E-state index is 11.7. The van der Waals surface area contributed by atoms with E-state index in [1.807, 2.05) is 25.1 Å². The zero-order valence-electron chi connectivity index (χ0n) is 13.6. The van der Waals surface area contributed by atoms with Gasteiger partial charge in [0.1, 0.15) is 0 Å². The number of carbonyl (C=O) groups excluding carboxylic acids is 2. The van der Waals surface area contributed by atoms with Gasteiger partial charge in [0.05, 0.1) is 10.2 Å². The minimum atomic E-state index is -0.0342. The Balaban J connectivity index is 1.94. The lowest BCUT2D eigenvalue weighted by atomic mass is 10.1. The van der Waals surface area contributed by atoms with Gasteiger partial charge in [-0.3, -0.25) is 9.59 Å². The molecule has 0 bridgehead atoms. The highest BCUT2D eigenvalue weighted by Gasteiger charge is 2.08. The summed E-state index contributed by atoms with van der Waals surface area (Å²) in [4.78, 5) is 27.6. The average molecular weight is 333 g/mol. The molecule has 6 heteroatoms. The first kappa shape index (κ1) is 17.4. The fourth-order valence-corrected chi connectivity index (χ4v) is 3.08. The molecule has 0 atom stereocenters. The van der Waals surface area contributed by atoms with Gasteiger partial charge in [-0.15, -0.1) is 0 Å². The normalized spacial score (nSPS) is 10.7. The molecular weight excluding hydrogens is 310 g/mol. The summed E-state index contributed by atoms with van der Waals surface area (Å²) in [7, 11) is 0. The molecule has 23 heavy (non-hydrogen) atoms. The first-order chi connectivity index (χ1) is 11.1. The third-order valence-corrected chi connectivity index (χ3v) is 4.45. The van der Waals surface area contributed by atoms with E-state index >= 15 is 0 Å². The molecule has 0 saturated heterocycles. The highest BCUT2D eigenvalue weighted by molar-refractivity contribution is 7.22. The molecule has 0 unspecified atom stereocenters. The van der Waals surface area contributed by atoms with E-state index in [4.69, 9.17) is 0 Å². The third kappa shape index (κ3) is 5.32. The highest BCUT2D eigenvalue weighted by Crippen LogP contribution is 2.27. The third-order valence-electron chi connectivity index (χ3n) is 3.51. The van der Waals surface area contributed by atoms with Crippen molar-refractivity contribution in [2.75, 3.05) is 11.9 Å². The number of benzene rings is 1. The van der Waals surface area contributed by atoms with Crippen LogP contribution < -0.4 is 10.6 Å². The molecule has 0 fully saturated rings. The van der Waals surface area contributed by atoms with Crippen LogP contribution in [-0.4, -0.2) is 23.3 Å². The van der Waals surface area contributed by atoms with Gasteiger partial charge >= 0.3 is 0 Å². The van der Waals surface area contributed by atoms with E-state index < -0.39 is 0 Å². The summed E-state index contributed by atoms with van der Waals surface area (Å²) >= 11 is 1.46. The van der Waals surface area contributed by atoms with Gasteiger partial charge in [-0.05, 0) is 30.5 Å². The molecule has 0 radical (unpaired) electrons. The van der Waals surface area contributed by atoms with Gasteiger partial charge in [-0.1, -0.05) is 37.7 Å². The van der Waals surface area contributed by atoms with Crippen molar-refractivity contribution in [1.82, 2.24) is 10.3 Å². The second kappa shape index (κ2) is 8.62. The van der Waals surface area contributed by atoms with Gasteiger partial charge in [0.15, 0.2) is 5.13 Å². The van der Waals surface area contributed by atoms with Crippen molar-refractivity contribution in [1.29, 1.82) is 0 Å². The highest BCUT2D eigenvalue weighted by atomic mass is 32.1. The SMILES string of the molecule is CCCCNC(=O)CCc1ccc2nc(NC(=O)CC)sc2c1. The molecular formula is C17H23N3O2S. The van der Waals surface area contributed by atoms with Crippen molar-refractivity contribution in [3.63, 3.8) is 0 Å². The Morgan fingerprint density at radius 2 is 2.04 bits per heavy atom. The summed E-state index contributed by atoms with van der Waals surface area (Å²) in [5.74, 6) is 0.0618. The number of hydrogen-bond donors (Lipinski definition) is 2. The maximum Gasteiger partial charge on any atom is 0.225 e. The van der Waals surface area contributed by atoms with Crippen LogP contribution in [0.2, 0.25) is 0 Å². The molecule has 2 N–H and O–H groups in total. The number of nitrogens with zero attached hydrogens (tertiary/aromatic N) is 1. The summed E-state index contributed by atoms with van der Waals surface area (Å²) < 4.78 is 1.03. The second-order valence-electron chi connectivity index (χ2n) is 5.43. The van der Waals surface area contributed by atoms with Gasteiger partial charge in [-0.2, -0.15) is 0 Å². The van der Waals surface area contributed by atoms with Gasteiger partial charge < -0.3 is 10.6 Å². The number of thiazole rings is 1. The van der Waals surface area contributed by atoms with Crippen LogP contribution in [-0.2, 0) is 16.0 Å². The van der Waals surface area contributed by atoms with E-state index in [1.54, 1.807) is 0 Å². The average Bonchev–Trinajstić information content (AvgIpc) is 2.94. The number of unbranched alkanes of at least 4 members (excludes halogenated alkanes) is 1. The smallest absolute Gasteiger partial charge is 0.225 e. The number of nitrogens with one attached hydrogen (secondary N) is 2. The topological polar surface area (TPSA) is 71.1 Å². The number of amides is 2. The van der Waals surface area contributed by atoms with Crippen molar-refractivity contribution in [3.05, 3.63) is 23.8 Å². The number of anilines is 1. The summed E-state index contributed by atoms with van der Waals surface area (Å²) in [6.45, 7) is 4.67. The van der Waals surface area contributed by atoms with E-state index in [-0.39, 0.29) is 11.8 Å². The maximum absolute atomic E-state index is 11.7. The lowest BCUT2D eigenvalue weighted by Gasteiger charge is -2.04. The lowest BCUT2D eigenvalue weighted by Crippen LogP contribution is -2.24. The molecule has 0 aliphatic rings. The van der Waals surface area contributed by atoms with Crippen LogP contribution in [0.25, 0.3) is 10.2 Å². The van der Waals surface area contributed by atoms with E-state index in [0.717, 1.165) is 35.2 Å². The minimum Gasteiger partial charge on any atom is -0.356 e. The number of rotatable bonds is 8. The molecule has 0 aliphatic heterocycles. The second-order valence-corrected chi connectivity index (χ2v) is 6.46. The van der Waals surface area contributed by atoms with Crippen molar-refractivity contribution >= 4 is 38.5 Å². The van der Waals surface area contributed by atoms with Crippen molar-refractivity contribution in [2.45, 2.75) is 46.0 Å². The van der Waals surface area contributed by atoms with E-state index in [0.29, 0.717) is 24.4 Å². The van der Waals surface area contributed by atoms with Crippen LogP contribution in [0.15, 0.2) is 18.2 Å². The number of hydrogen-bond acceptors (Lipinski definition) is 4. The Hall–Kier alpha value is -1.95. The van der Waals surface area contributed by atoms with Crippen LogP contribution in [0, 0.1) is 0 Å². The Kier molecular flexibility index (Phi) is 6.52. The number of fused-ring (bicyclic) bond motifs is 1. The number of carbonyl (C=O) groups is 2. The van der Waals surface area contributed by atoms with Gasteiger partial charge in [0.2, 0.25) is 11.8 Å². The molecule has 1 heterocycles. The van der Waals surface area contributed by atoms with Crippen LogP contribution in [0.4, 0.5) is 5.13 Å². The quantitative estimate of drug-likeness (QED) is 0.726. The molecule has 1 aromatic carbocycles. The molecule has 5 nitrogen and oxygen atoms in total. The molecule has 124 valence electrons. The minimum absolute atomic E-state index is 0.0342. The van der Waals surface area contributed by atoms with E-state index in [9.17, 15) is 9.59 Å². The van der Waals surface area contributed by atoms with Crippen molar-refractivity contribution in [2.24, 2.45) is 0 Å². The summed E-state index contributed by atoms with van der Waals surface area (Å²) in [6, 6.07) is 5.98. The Bertz CT molecular complexity index is 682. The fourth-order valence-electron chi connectivity index (χ4n) is 2.14. The first-order valence-electron chi connectivity index (χ1n) is 8.08. The Labute approximate surface area is 140 Å². The molecule has 1 aromatic heterocycles. The van der Waals surface area contributed by atoms with E-state index in [2.05, 4.69) is 22.5 Å². The van der Waals surface area contributed by atoms with Crippen LogP contribution >= 0.6 is 11.3 Å². The number of aromatic nitrogens is 1. The van der Waals surface area contributed by atoms with Gasteiger partial charge in [0, 0.05) is 19.4 Å².